The number of halogens is 1. The van der Waals surface area contributed by atoms with Crippen LogP contribution in [0.2, 0.25) is 5.02 Å². The van der Waals surface area contributed by atoms with Crippen molar-refractivity contribution in [1.82, 2.24) is 4.98 Å². The van der Waals surface area contributed by atoms with E-state index in [4.69, 9.17) is 22.1 Å². The van der Waals surface area contributed by atoms with Gasteiger partial charge in [0.15, 0.2) is 0 Å². The zero-order valence-corrected chi connectivity index (χ0v) is 9.28. The largest absolute Gasteiger partial charge is 0.481 e. The van der Waals surface area contributed by atoms with E-state index < -0.39 is 5.91 Å². The van der Waals surface area contributed by atoms with Crippen LogP contribution in [0, 0.1) is 0 Å². The fraction of sp³-hybridized carbons (Fsp3) is 0.0909. The maximum Gasteiger partial charge on any atom is 0.248 e. The molecule has 0 atom stereocenters. The first-order valence-corrected chi connectivity index (χ1v) is 4.93. The normalized spacial score (nSPS) is 10.4. The number of fused-ring (bicyclic) bond motifs is 1. The molecule has 1 aromatic carbocycles. The fourth-order valence-corrected chi connectivity index (χ4v) is 1.66. The van der Waals surface area contributed by atoms with Gasteiger partial charge >= 0.3 is 0 Å². The van der Waals surface area contributed by atoms with Crippen LogP contribution in [0.3, 0.4) is 0 Å². The van der Waals surface area contributed by atoms with Crippen LogP contribution in [0.5, 0.6) is 5.88 Å². The van der Waals surface area contributed by atoms with Gasteiger partial charge in [-0.3, -0.25) is 4.79 Å². The van der Waals surface area contributed by atoms with Crippen LogP contribution >= 0.6 is 11.6 Å². The lowest BCUT2D eigenvalue weighted by atomic mass is 10.1. The number of carbonyl (C=O) groups excluding carboxylic acids is 1. The monoisotopic (exact) mass is 236 g/mol. The lowest BCUT2D eigenvalue weighted by Crippen LogP contribution is -2.10. The van der Waals surface area contributed by atoms with E-state index in [1.54, 1.807) is 24.3 Å². The second kappa shape index (κ2) is 3.98. The molecule has 4 nitrogen and oxygen atoms in total. The highest BCUT2D eigenvalue weighted by atomic mass is 35.5. The molecule has 0 saturated carbocycles. The van der Waals surface area contributed by atoms with Gasteiger partial charge in [-0.1, -0.05) is 11.6 Å². The molecule has 0 bridgehead atoms. The molecular formula is C11H9ClN2O2. The van der Waals surface area contributed by atoms with Crippen molar-refractivity contribution in [2.75, 3.05) is 7.11 Å². The molecule has 0 fully saturated rings. The number of amides is 1. The van der Waals surface area contributed by atoms with Gasteiger partial charge in [-0.25, -0.2) is 4.98 Å². The summed E-state index contributed by atoms with van der Waals surface area (Å²) in [6, 6.07) is 6.50. The lowest BCUT2D eigenvalue weighted by Gasteiger charge is -2.05. The van der Waals surface area contributed by atoms with Crippen LogP contribution in [-0.4, -0.2) is 18.0 Å². The minimum atomic E-state index is -0.492. The van der Waals surface area contributed by atoms with Crippen LogP contribution in [0.15, 0.2) is 24.3 Å². The summed E-state index contributed by atoms with van der Waals surface area (Å²) in [5.41, 5.74) is 6.25. The van der Waals surface area contributed by atoms with Crippen molar-refractivity contribution in [2.24, 2.45) is 5.73 Å². The molecular weight excluding hydrogens is 228 g/mol. The Bertz CT molecular complexity index is 569. The maximum atomic E-state index is 11.0. The highest BCUT2D eigenvalue weighted by molar-refractivity contribution is 6.35. The van der Waals surface area contributed by atoms with Gasteiger partial charge in [0.2, 0.25) is 11.8 Å². The maximum absolute atomic E-state index is 11.0. The Morgan fingerprint density at radius 2 is 2.19 bits per heavy atom. The summed E-state index contributed by atoms with van der Waals surface area (Å²) in [5.74, 6) is -0.0573. The van der Waals surface area contributed by atoms with Gasteiger partial charge in [-0.2, -0.15) is 0 Å². The minimum absolute atomic E-state index is 0.404. The highest BCUT2D eigenvalue weighted by Gasteiger charge is 2.07. The number of carbonyl (C=O) groups is 1. The van der Waals surface area contributed by atoms with Crippen molar-refractivity contribution in [2.45, 2.75) is 0 Å². The van der Waals surface area contributed by atoms with Gasteiger partial charge in [-0.05, 0) is 18.2 Å². The predicted molar refractivity (Wildman–Crippen MR) is 61.8 cm³/mol. The Labute approximate surface area is 97.0 Å². The summed E-state index contributed by atoms with van der Waals surface area (Å²) in [5, 5.41) is 1.16. The average Bonchev–Trinajstić information content (AvgIpc) is 2.28. The standard InChI is InChI=1S/C11H9ClN2O2/c1-16-10-5-8(12)7-4-6(11(13)15)2-3-9(7)14-10/h2-5H,1H3,(H2,13,15). The molecule has 0 aliphatic carbocycles. The Balaban J connectivity index is 2.70. The van der Waals surface area contributed by atoms with Gasteiger partial charge in [0.1, 0.15) is 0 Å². The van der Waals surface area contributed by atoms with Crippen LogP contribution in [-0.2, 0) is 0 Å². The number of nitrogens with zero attached hydrogens (tertiary/aromatic N) is 1. The van der Waals surface area contributed by atoms with Crippen molar-refractivity contribution in [3.05, 3.63) is 34.9 Å². The number of hydrogen-bond acceptors (Lipinski definition) is 3. The smallest absolute Gasteiger partial charge is 0.248 e. The van der Waals surface area contributed by atoms with Crippen LogP contribution in [0.1, 0.15) is 10.4 Å². The molecule has 2 rings (SSSR count). The summed E-state index contributed by atoms with van der Waals surface area (Å²) < 4.78 is 4.99. The van der Waals surface area contributed by atoms with E-state index in [1.165, 1.54) is 7.11 Å². The second-order valence-electron chi connectivity index (χ2n) is 3.24. The fourth-order valence-electron chi connectivity index (χ4n) is 1.42. The first kappa shape index (κ1) is 10.7. The first-order chi connectivity index (χ1) is 7.61. The zero-order chi connectivity index (χ0) is 11.7. The lowest BCUT2D eigenvalue weighted by molar-refractivity contribution is 0.100. The van der Waals surface area contributed by atoms with Gasteiger partial charge in [-0.15, -0.1) is 0 Å². The number of primary amides is 1. The third kappa shape index (κ3) is 1.79. The molecule has 1 heterocycles. The molecule has 5 heteroatoms. The molecule has 0 aliphatic heterocycles. The Kier molecular flexibility index (Phi) is 2.66. The van der Waals surface area contributed by atoms with E-state index in [1.807, 2.05) is 0 Å². The number of nitrogens with two attached hydrogens (primary N) is 1. The second-order valence-corrected chi connectivity index (χ2v) is 3.65. The first-order valence-electron chi connectivity index (χ1n) is 4.56. The number of methoxy groups -OCH3 is 1. The third-order valence-electron chi connectivity index (χ3n) is 2.23. The van der Waals surface area contributed by atoms with Crippen LogP contribution < -0.4 is 10.5 Å². The quantitative estimate of drug-likeness (QED) is 0.867. The zero-order valence-electron chi connectivity index (χ0n) is 8.53. The van der Waals surface area contributed by atoms with Crippen molar-refractivity contribution < 1.29 is 9.53 Å². The van der Waals surface area contributed by atoms with E-state index in [0.717, 1.165) is 0 Å². The number of benzene rings is 1. The van der Waals surface area contributed by atoms with Gasteiger partial charge in [0.25, 0.3) is 0 Å². The molecule has 0 unspecified atom stereocenters. The number of rotatable bonds is 2. The molecule has 0 aliphatic rings. The molecule has 1 aromatic heterocycles. The van der Waals surface area contributed by atoms with Crippen LogP contribution in [0.4, 0.5) is 0 Å². The summed E-state index contributed by atoms with van der Waals surface area (Å²) in [4.78, 5) is 15.2. The van der Waals surface area contributed by atoms with E-state index >= 15 is 0 Å². The third-order valence-corrected chi connectivity index (χ3v) is 2.54. The Morgan fingerprint density at radius 1 is 1.44 bits per heavy atom. The minimum Gasteiger partial charge on any atom is -0.481 e. The number of ether oxygens (including phenoxy) is 1. The Morgan fingerprint density at radius 3 is 2.81 bits per heavy atom. The number of hydrogen-bond donors (Lipinski definition) is 1. The Hall–Kier alpha value is -1.81. The topological polar surface area (TPSA) is 65.2 Å². The van der Waals surface area contributed by atoms with Crippen molar-refractivity contribution in [1.29, 1.82) is 0 Å². The predicted octanol–water partition coefficient (Wildman–Crippen LogP) is 2.00. The molecule has 2 aromatic rings. The van der Waals surface area contributed by atoms with E-state index in [-0.39, 0.29) is 0 Å². The van der Waals surface area contributed by atoms with Gasteiger partial charge < -0.3 is 10.5 Å². The highest BCUT2D eigenvalue weighted by Crippen LogP contribution is 2.26. The molecule has 82 valence electrons. The molecule has 1 amide bonds. The van der Waals surface area contributed by atoms with Gasteiger partial charge in [0.05, 0.1) is 17.6 Å². The van der Waals surface area contributed by atoms with Crippen molar-refractivity contribution in [3.63, 3.8) is 0 Å². The number of pyridine rings is 1. The molecule has 0 saturated heterocycles. The average molecular weight is 237 g/mol. The summed E-state index contributed by atoms with van der Waals surface area (Å²) in [7, 11) is 1.52. The van der Waals surface area contributed by atoms with E-state index in [9.17, 15) is 4.79 Å². The van der Waals surface area contributed by atoms with E-state index in [2.05, 4.69) is 4.98 Å². The molecule has 2 N–H and O–H groups in total. The molecule has 0 spiro atoms. The molecule has 16 heavy (non-hydrogen) atoms. The van der Waals surface area contributed by atoms with E-state index in [0.29, 0.717) is 27.4 Å². The SMILES string of the molecule is COc1cc(Cl)c2cc(C(N)=O)ccc2n1. The van der Waals surface area contributed by atoms with Crippen LogP contribution in [0.25, 0.3) is 10.9 Å². The molecule has 0 radical (unpaired) electrons. The number of aromatic nitrogens is 1. The summed E-state index contributed by atoms with van der Waals surface area (Å²) in [6.07, 6.45) is 0. The van der Waals surface area contributed by atoms with Crippen molar-refractivity contribution in [3.8, 4) is 5.88 Å². The summed E-state index contributed by atoms with van der Waals surface area (Å²) >= 11 is 6.05. The van der Waals surface area contributed by atoms with Crippen molar-refractivity contribution >= 4 is 28.4 Å². The van der Waals surface area contributed by atoms with Gasteiger partial charge in [0, 0.05) is 17.0 Å². The summed E-state index contributed by atoms with van der Waals surface area (Å²) in [6.45, 7) is 0.